The number of thiocarbonyl (C=S) groups is 1. The molecule has 1 heterocycles. The average molecular weight is 505 g/mol. The summed E-state index contributed by atoms with van der Waals surface area (Å²) in [4.78, 5) is 27.4. The quantitative estimate of drug-likeness (QED) is 0.327. The van der Waals surface area contributed by atoms with E-state index in [4.69, 9.17) is 21.7 Å². The van der Waals surface area contributed by atoms with Gasteiger partial charge in [0.2, 0.25) is 0 Å². The van der Waals surface area contributed by atoms with Crippen LogP contribution in [-0.2, 0) is 9.59 Å². The van der Waals surface area contributed by atoms with E-state index in [1.807, 2.05) is 62.4 Å². The van der Waals surface area contributed by atoms with Gasteiger partial charge in [0, 0.05) is 5.69 Å². The Balaban J connectivity index is 1.44. The van der Waals surface area contributed by atoms with Gasteiger partial charge in [-0.2, -0.15) is 0 Å². The third-order valence-corrected chi connectivity index (χ3v) is 6.61. The van der Waals surface area contributed by atoms with Crippen molar-refractivity contribution in [3.8, 4) is 11.5 Å². The van der Waals surface area contributed by atoms with Crippen LogP contribution in [0.1, 0.15) is 16.7 Å². The second-order valence-corrected chi connectivity index (χ2v) is 9.59. The number of ether oxygens (including phenoxy) is 2. The molecule has 3 aromatic rings. The fourth-order valence-electron chi connectivity index (χ4n) is 3.60. The first-order valence-corrected chi connectivity index (χ1v) is 12.1. The molecular weight excluding hydrogens is 480 g/mol. The highest BCUT2D eigenvalue weighted by Crippen LogP contribution is 2.37. The summed E-state index contributed by atoms with van der Waals surface area (Å²) < 4.78 is 11.6. The van der Waals surface area contributed by atoms with Crippen molar-refractivity contribution in [2.45, 2.75) is 13.8 Å². The molecule has 1 N–H and O–H groups in total. The second-order valence-electron chi connectivity index (χ2n) is 7.92. The molecule has 35 heavy (non-hydrogen) atoms. The summed E-state index contributed by atoms with van der Waals surface area (Å²) in [5.41, 5.74) is 4.35. The molecule has 1 aliphatic rings. The van der Waals surface area contributed by atoms with E-state index in [0.29, 0.717) is 20.7 Å². The van der Waals surface area contributed by atoms with Crippen molar-refractivity contribution in [1.82, 2.24) is 0 Å². The Hall–Kier alpha value is -3.62. The van der Waals surface area contributed by atoms with Crippen LogP contribution < -0.4 is 19.7 Å². The largest absolute Gasteiger partial charge is 0.493 e. The van der Waals surface area contributed by atoms with Crippen molar-refractivity contribution in [2.75, 3.05) is 23.9 Å². The van der Waals surface area contributed by atoms with Gasteiger partial charge in [-0.25, -0.2) is 0 Å². The van der Waals surface area contributed by atoms with Crippen LogP contribution in [0.15, 0.2) is 71.6 Å². The van der Waals surface area contributed by atoms with Crippen LogP contribution in [0.25, 0.3) is 6.08 Å². The van der Waals surface area contributed by atoms with Gasteiger partial charge in [-0.1, -0.05) is 65.9 Å². The van der Waals surface area contributed by atoms with Crippen molar-refractivity contribution in [3.63, 3.8) is 0 Å². The number of anilines is 2. The van der Waals surface area contributed by atoms with Gasteiger partial charge < -0.3 is 14.8 Å². The van der Waals surface area contributed by atoms with Crippen LogP contribution >= 0.6 is 24.0 Å². The molecule has 0 saturated carbocycles. The van der Waals surface area contributed by atoms with E-state index in [1.165, 1.54) is 23.8 Å². The Morgan fingerprint density at radius 1 is 1.06 bits per heavy atom. The number of thioether (sulfide) groups is 1. The predicted molar refractivity (Wildman–Crippen MR) is 145 cm³/mol. The molecule has 1 aliphatic heterocycles. The number of methoxy groups -OCH3 is 1. The van der Waals surface area contributed by atoms with E-state index in [0.717, 1.165) is 28.1 Å². The summed E-state index contributed by atoms with van der Waals surface area (Å²) in [6, 6.07) is 20.4. The van der Waals surface area contributed by atoms with Crippen molar-refractivity contribution in [3.05, 3.63) is 88.3 Å². The van der Waals surface area contributed by atoms with Gasteiger partial charge in [-0.05, 0) is 61.4 Å². The highest BCUT2D eigenvalue weighted by Gasteiger charge is 2.33. The summed E-state index contributed by atoms with van der Waals surface area (Å²) in [5.74, 6) is 0.440. The monoisotopic (exact) mass is 504 g/mol. The number of nitrogens with one attached hydrogen (secondary N) is 1. The fraction of sp³-hybridized carbons (Fsp3) is 0.148. The molecule has 1 saturated heterocycles. The Kier molecular flexibility index (Phi) is 7.53. The number of aryl methyl sites for hydroxylation is 2. The lowest BCUT2D eigenvalue weighted by atomic mass is 10.1. The highest BCUT2D eigenvalue weighted by molar-refractivity contribution is 8.27. The molecule has 0 spiro atoms. The Morgan fingerprint density at radius 3 is 2.54 bits per heavy atom. The molecule has 0 aromatic heterocycles. The van der Waals surface area contributed by atoms with Gasteiger partial charge in [-0.3, -0.25) is 14.5 Å². The molecule has 2 amide bonds. The molecule has 0 atom stereocenters. The molecule has 6 nitrogen and oxygen atoms in total. The van der Waals surface area contributed by atoms with Crippen LogP contribution in [0.3, 0.4) is 0 Å². The van der Waals surface area contributed by atoms with E-state index in [-0.39, 0.29) is 18.4 Å². The summed E-state index contributed by atoms with van der Waals surface area (Å²) in [6.07, 6.45) is 1.77. The zero-order valence-electron chi connectivity index (χ0n) is 19.5. The maximum Gasteiger partial charge on any atom is 0.270 e. The summed E-state index contributed by atoms with van der Waals surface area (Å²) in [5, 5.41) is 2.86. The Labute approximate surface area is 213 Å². The fourth-order valence-corrected chi connectivity index (χ4v) is 4.89. The number of rotatable bonds is 7. The number of amides is 2. The second kappa shape index (κ2) is 10.8. The number of hydrogen-bond donors (Lipinski definition) is 1. The average Bonchev–Trinajstić information content (AvgIpc) is 3.12. The minimum absolute atomic E-state index is 0.168. The van der Waals surface area contributed by atoms with Gasteiger partial charge in [0.05, 0.1) is 17.7 Å². The van der Waals surface area contributed by atoms with Gasteiger partial charge in [0.15, 0.2) is 22.4 Å². The first-order chi connectivity index (χ1) is 16.9. The predicted octanol–water partition coefficient (Wildman–Crippen LogP) is 5.74. The number of para-hydroxylation sites is 1. The van der Waals surface area contributed by atoms with E-state index in [1.54, 1.807) is 24.3 Å². The number of carbonyl (C=O) groups is 2. The molecular formula is C27H24N2O4S2. The van der Waals surface area contributed by atoms with Gasteiger partial charge >= 0.3 is 0 Å². The molecule has 8 heteroatoms. The number of nitrogens with zero attached hydrogens (tertiary/aromatic N) is 1. The molecule has 0 unspecified atom stereocenters. The number of hydrogen-bond acceptors (Lipinski definition) is 6. The molecule has 1 fully saturated rings. The smallest absolute Gasteiger partial charge is 0.270 e. The Bertz CT molecular complexity index is 1320. The van der Waals surface area contributed by atoms with Gasteiger partial charge in [-0.15, -0.1) is 0 Å². The Morgan fingerprint density at radius 2 is 1.83 bits per heavy atom. The normalized spacial score (nSPS) is 14.4. The zero-order chi connectivity index (χ0) is 24.9. The molecule has 0 bridgehead atoms. The van der Waals surface area contributed by atoms with E-state index >= 15 is 0 Å². The molecule has 178 valence electrons. The third-order valence-electron chi connectivity index (χ3n) is 5.31. The first-order valence-electron chi connectivity index (χ1n) is 10.9. The van der Waals surface area contributed by atoms with Crippen LogP contribution in [0.4, 0.5) is 11.4 Å². The first kappa shape index (κ1) is 24.5. The summed E-state index contributed by atoms with van der Waals surface area (Å²) in [7, 11) is 1.52. The summed E-state index contributed by atoms with van der Waals surface area (Å²) in [6.45, 7) is 3.78. The lowest BCUT2D eigenvalue weighted by Crippen LogP contribution is -2.27. The molecule has 0 radical (unpaired) electrons. The lowest BCUT2D eigenvalue weighted by molar-refractivity contribution is -0.118. The van der Waals surface area contributed by atoms with Gasteiger partial charge in [0.1, 0.15) is 0 Å². The lowest BCUT2D eigenvalue weighted by Gasteiger charge is -2.14. The van der Waals surface area contributed by atoms with Crippen LogP contribution in [-0.4, -0.2) is 29.9 Å². The SMILES string of the molecule is COc1cc(C=C2SC(=S)N(c3ccccc3)C2=O)ccc1OCC(=O)Nc1ccc(C)cc1C. The van der Waals surface area contributed by atoms with Crippen molar-refractivity contribution in [1.29, 1.82) is 0 Å². The van der Waals surface area contributed by atoms with E-state index in [9.17, 15) is 9.59 Å². The number of carbonyl (C=O) groups excluding carboxylic acids is 2. The minimum Gasteiger partial charge on any atom is -0.493 e. The van der Waals surface area contributed by atoms with Crippen molar-refractivity contribution in [2.24, 2.45) is 0 Å². The van der Waals surface area contributed by atoms with E-state index < -0.39 is 0 Å². The van der Waals surface area contributed by atoms with Crippen LogP contribution in [0.5, 0.6) is 11.5 Å². The number of benzene rings is 3. The topological polar surface area (TPSA) is 67.9 Å². The van der Waals surface area contributed by atoms with Crippen LogP contribution in [0.2, 0.25) is 0 Å². The molecule has 0 aliphatic carbocycles. The standard InChI is InChI=1S/C27H24N2O4S2/c1-17-9-11-21(18(2)13-17)28-25(30)16-33-22-12-10-19(14-23(22)32-3)15-24-26(31)29(27(34)35-24)20-7-5-4-6-8-20/h4-15H,16H2,1-3H3,(H,28,30). The maximum atomic E-state index is 13.0. The molecule has 3 aromatic carbocycles. The maximum absolute atomic E-state index is 13.0. The van der Waals surface area contributed by atoms with Crippen molar-refractivity contribution < 1.29 is 19.1 Å². The molecule has 4 rings (SSSR count). The van der Waals surface area contributed by atoms with Crippen molar-refractivity contribution >= 4 is 57.6 Å². The van der Waals surface area contributed by atoms with E-state index in [2.05, 4.69) is 5.32 Å². The highest BCUT2D eigenvalue weighted by atomic mass is 32.2. The zero-order valence-corrected chi connectivity index (χ0v) is 21.2. The van der Waals surface area contributed by atoms with Gasteiger partial charge in [0.25, 0.3) is 11.8 Å². The summed E-state index contributed by atoms with van der Waals surface area (Å²) >= 11 is 6.68. The third kappa shape index (κ3) is 5.72. The van der Waals surface area contributed by atoms with Crippen LogP contribution in [0, 0.1) is 13.8 Å². The minimum atomic E-state index is -0.271.